The van der Waals surface area contributed by atoms with Crippen LogP contribution in [0.15, 0.2) is 48.9 Å². The zero-order valence-corrected chi connectivity index (χ0v) is 18.0. The van der Waals surface area contributed by atoms with Gasteiger partial charge in [0.05, 0.1) is 6.42 Å². The molecule has 0 saturated heterocycles. The zero-order chi connectivity index (χ0) is 24.3. The second-order valence-corrected chi connectivity index (χ2v) is 8.08. The van der Waals surface area contributed by atoms with Crippen LogP contribution in [0, 0.1) is 5.82 Å². The van der Waals surface area contributed by atoms with Crippen LogP contribution in [0.5, 0.6) is 0 Å². The van der Waals surface area contributed by atoms with Crippen molar-refractivity contribution in [2.24, 2.45) is 5.73 Å². The van der Waals surface area contributed by atoms with Crippen molar-refractivity contribution >= 4 is 17.5 Å². The van der Waals surface area contributed by atoms with Gasteiger partial charge in [0.15, 0.2) is 11.6 Å². The van der Waals surface area contributed by atoms with E-state index in [2.05, 4.69) is 20.3 Å². The van der Waals surface area contributed by atoms with Gasteiger partial charge < -0.3 is 16.0 Å². The Bertz CT molecular complexity index is 1150. The number of nitrogens with one attached hydrogen (secondary N) is 1. The highest BCUT2D eigenvalue weighted by Gasteiger charge is 2.34. The molecule has 1 fully saturated rings. The molecule has 0 unspecified atom stereocenters. The molecule has 0 atom stereocenters. The van der Waals surface area contributed by atoms with Crippen molar-refractivity contribution in [2.75, 3.05) is 10.2 Å². The molecule has 178 valence electrons. The number of halogens is 4. The third-order valence-corrected chi connectivity index (χ3v) is 5.36. The van der Waals surface area contributed by atoms with Crippen molar-refractivity contribution in [1.82, 2.24) is 15.0 Å². The highest BCUT2D eigenvalue weighted by Crippen LogP contribution is 2.35. The SMILES string of the molecule is NC(=O)Cc1ccc(CNc2ncnc(N(Cc3ccc(C(F)(F)F)nc3)C3CC3)c2F)cc1. The van der Waals surface area contributed by atoms with E-state index in [1.54, 1.807) is 29.2 Å². The minimum Gasteiger partial charge on any atom is -0.369 e. The standard InChI is InChI=1S/C23H22F4N6O/c24-20-21(30-10-15-3-1-14(2-4-15)9-19(28)34)31-13-32-22(20)33(17-6-7-17)12-16-5-8-18(29-11-16)23(25,26)27/h1-5,8,11,13,17H,6-7,9-10,12H2,(H2,28,34)(H,30,31,32). The molecule has 2 heterocycles. The predicted octanol–water partition coefficient (Wildman–Crippen LogP) is 3.84. The molecule has 1 amide bonds. The molecule has 0 spiro atoms. The Morgan fingerprint density at radius 1 is 1.03 bits per heavy atom. The monoisotopic (exact) mass is 474 g/mol. The minimum absolute atomic E-state index is 0.0161. The van der Waals surface area contributed by atoms with Crippen LogP contribution in [0.1, 0.15) is 35.2 Å². The van der Waals surface area contributed by atoms with Crippen LogP contribution in [0.2, 0.25) is 0 Å². The van der Waals surface area contributed by atoms with Crippen molar-refractivity contribution in [2.45, 2.75) is 44.6 Å². The van der Waals surface area contributed by atoms with Crippen LogP contribution in [0.4, 0.5) is 29.2 Å². The molecule has 1 saturated carbocycles. The Morgan fingerprint density at radius 3 is 2.29 bits per heavy atom. The lowest BCUT2D eigenvalue weighted by Crippen LogP contribution is -2.28. The number of pyridine rings is 1. The van der Waals surface area contributed by atoms with Gasteiger partial charge in [-0.2, -0.15) is 17.6 Å². The second kappa shape index (κ2) is 9.62. The van der Waals surface area contributed by atoms with Gasteiger partial charge in [-0.25, -0.2) is 9.97 Å². The third kappa shape index (κ3) is 5.77. The van der Waals surface area contributed by atoms with Crippen LogP contribution < -0.4 is 16.0 Å². The Balaban J connectivity index is 1.47. The van der Waals surface area contributed by atoms with Gasteiger partial charge >= 0.3 is 6.18 Å². The molecule has 3 aromatic rings. The average molecular weight is 474 g/mol. The zero-order valence-electron chi connectivity index (χ0n) is 18.0. The number of hydrogen-bond donors (Lipinski definition) is 2. The molecule has 2 aromatic heterocycles. The number of nitrogens with zero attached hydrogens (tertiary/aromatic N) is 4. The molecule has 7 nitrogen and oxygen atoms in total. The van der Waals surface area contributed by atoms with Crippen LogP contribution in [0.3, 0.4) is 0 Å². The van der Waals surface area contributed by atoms with Crippen LogP contribution >= 0.6 is 0 Å². The Labute approximate surface area is 193 Å². The first kappa shape index (κ1) is 23.4. The van der Waals surface area contributed by atoms with E-state index in [4.69, 9.17) is 5.73 Å². The normalized spacial score (nSPS) is 13.5. The molecule has 1 aromatic carbocycles. The van der Waals surface area contributed by atoms with Gasteiger partial charge in [0.25, 0.3) is 0 Å². The van der Waals surface area contributed by atoms with Gasteiger partial charge in [-0.05, 0) is 35.6 Å². The summed E-state index contributed by atoms with van der Waals surface area (Å²) in [6, 6.07) is 9.45. The molecule has 34 heavy (non-hydrogen) atoms. The molecular formula is C23H22F4N6O. The topological polar surface area (TPSA) is 97.0 Å². The number of carbonyl (C=O) groups excluding carboxylic acids is 1. The summed E-state index contributed by atoms with van der Waals surface area (Å²) in [7, 11) is 0. The molecule has 0 bridgehead atoms. The minimum atomic E-state index is -4.52. The first-order valence-corrected chi connectivity index (χ1v) is 10.6. The first-order chi connectivity index (χ1) is 16.2. The maximum atomic E-state index is 15.3. The van der Waals surface area contributed by atoms with Gasteiger partial charge in [0, 0.05) is 25.3 Å². The van der Waals surface area contributed by atoms with E-state index in [0.717, 1.165) is 36.2 Å². The fourth-order valence-corrected chi connectivity index (χ4v) is 3.49. The summed E-state index contributed by atoms with van der Waals surface area (Å²) in [4.78, 5) is 24.3. The summed E-state index contributed by atoms with van der Waals surface area (Å²) in [6.07, 6.45) is -0.315. The van der Waals surface area contributed by atoms with Crippen molar-refractivity contribution < 1.29 is 22.4 Å². The van der Waals surface area contributed by atoms with E-state index in [-0.39, 0.29) is 37.2 Å². The number of amides is 1. The summed E-state index contributed by atoms with van der Waals surface area (Å²) < 4.78 is 53.6. The lowest BCUT2D eigenvalue weighted by atomic mass is 10.1. The Morgan fingerprint density at radius 2 is 1.71 bits per heavy atom. The fraction of sp³-hybridized carbons (Fsp3) is 0.304. The number of carbonyl (C=O) groups is 1. The summed E-state index contributed by atoms with van der Waals surface area (Å²) in [6.45, 7) is 0.459. The number of alkyl halides is 3. The summed E-state index contributed by atoms with van der Waals surface area (Å²) >= 11 is 0. The van der Waals surface area contributed by atoms with Crippen LogP contribution in [0.25, 0.3) is 0 Å². The van der Waals surface area contributed by atoms with Gasteiger partial charge in [-0.15, -0.1) is 0 Å². The highest BCUT2D eigenvalue weighted by molar-refractivity contribution is 5.76. The fourth-order valence-electron chi connectivity index (χ4n) is 3.49. The molecule has 1 aliphatic carbocycles. The van der Waals surface area contributed by atoms with E-state index in [1.807, 2.05) is 0 Å². The summed E-state index contributed by atoms with van der Waals surface area (Å²) in [5, 5.41) is 2.95. The van der Waals surface area contributed by atoms with E-state index < -0.39 is 23.6 Å². The summed E-state index contributed by atoms with van der Waals surface area (Å²) in [5.41, 5.74) is 6.36. The van der Waals surface area contributed by atoms with Crippen molar-refractivity contribution in [3.05, 3.63) is 77.1 Å². The van der Waals surface area contributed by atoms with Gasteiger partial charge in [0.1, 0.15) is 12.0 Å². The number of aromatic nitrogens is 3. The van der Waals surface area contributed by atoms with Crippen LogP contribution in [-0.4, -0.2) is 26.9 Å². The molecule has 1 aliphatic rings. The number of hydrogen-bond acceptors (Lipinski definition) is 6. The second-order valence-electron chi connectivity index (χ2n) is 8.08. The molecular weight excluding hydrogens is 452 g/mol. The quantitative estimate of drug-likeness (QED) is 0.458. The van der Waals surface area contributed by atoms with E-state index >= 15 is 4.39 Å². The smallest absolute Gasteiger partial charge is 0.369 e. The summed E-state index contributed by atoms with van der Waals surface area (Å²) in [5.74, 6) is -0.965. The highest BCUT2D eigenvalue weighted by atomic mass is 19.4. The van der Waals surface area contributed by atoms with Gasteiger partial charge in [-0.1, -0.05) is 30.3 Å². The van der Waals surface area contributed by atoms with Crippen molar-refractivity contribution in [1.29, 1.82) is 0 Å². The van der Waals surface area contributed by atoms with E-state index in [1.165, 1.54) is 12.4 Å². The molecule has 4 rings (SSSR count). The Kier molecular flexibility index (Phi) is 6.62. The van der Waals surface area contributed by atoms with Gasteiger partial charge in [0.2, 0.25) is 11.7 Å². The molecule has 3 N–H and O–H groups in total. The van der Waals surface area contributed by atoms with Crippen molar-refractivity contribution in [3.63, 3.8) is 0 Å². The van der Waals surface area contributed by atoms with E-state index in [0.29, 0.717) is 5.56 Å². The van der Waals surface area contributed by atoms with Gasteiger partial charge in [-0.3, -0.25) is 9.78 Å². The molecule has 11 heteroatoms. The predicted molar refractivity (Wildman–Crippen MR) is 117 cm³/mol. The lowest BCUT2D eigenvalue weighted by Gasteiger charge is -2.24. The van der Waals surface area contributed by atoms with Crippen molar-refractivity contribution in [3.8, 4) is 0 Å². The third-order valence-electron chi connectivity index (χ3n) is 5.36. The number of primary amides is 1. The largest absolute Gasteiger partial charge is 0.433 e. The Hall–Kier alpha value is -3.76. The maximum Gasteiger partial charge on any atom is 0.433 e. The lowest BCUT2D eigenvalue weighted by molar-refractivity contribution is -0.141. The van der Waals surface area contributed by atoms with E-state index in [9.17, 15) is 18.0 Å². The molecule has 0 radical (unpaired) electrons. The number of anilines is 2. The number of rotatable bonds is 9. The molecule has 0 aliphatic heterocycles. The average Bonchev–Trinajstić information content (AvgIpc) is 3.63. The van der Waals surface area contributed by atoms with Crippen LogP contribution in [-0.2, 0) is 30.5 Å². The number of benzene rings is 1. The first-order valence-electron chi connectivity index (χ1n) is 10.6. The number of nitrogens with two attached hydrogens (primary N) is 1. The maximum absolute atomic E-state index is 15.3.